The summed E-state index contributed by atoms with van der Waals surface area (Å²) in [6.07, 6.45) is 11.1. The van der Waals surface area contributed by atoms with Gasteiger partial charge in [0.25, 0.3) is 5.56 Å². The van der Waals surface area contributed by atoms with Crippen molar-refractivity contribution in [1.29, 1.82) is 0 Å². The van der Waals surface area contributed by atoms with Gasteiger partial charge in [0.1, 0.15) is 5.69 Å². The Bertz CT molecular complexity index is 714. The number of aromatic nitrogens is 4. The lowest BCUT2D eigenvalue weighted by Gasteiger charge is -2.22. The first-order chi connectivity index (χ1) is 11.2. The van der Waals surface area contributed by atoms with Crippen molar-refractivity contribution in [3.05, 3.63) is 35.0 Å². The van der Waals surface area contributed by atoms with Crippen molar-refractivity contribution >= 4 is 11.6 Å². The van der Waals surface area contributed by atoms with E-state index in [0.717, 1.165) is 25.7 Å². The molecule has 2 aromatic rings. The molecule has 3 rings (SSSR count). The average Bonchev–Trinajstić information content (AvgIpc) is 2.96. The lowest BCUT2D eigenvalue weighted by molar-refractivity contribution is -0.122. The number of amides is 1. The van der Waals surface area contributed by atoms with Gasteiger partial charge in [-0.05, 0) is 18.9 Å². The number of aromatic amines is 1. The van der Waals surface area contributed by atoms with Gasteiger partial charge >= 0.3 is 0 Å². The van der Waals surface area contributed by atoms with Crippen molar-refractivity contribution < 1.29 is 4.79 Å². The van der Waals surface area contributed by atoms with Crippen LogP contribution in [0.25, 0.3) is 5.95 Å². The predicted octanol–water partition coefficient (Wildman–Crippen LogP) is 1.89. The molecular formula is C16H21N5O2. The van der Waals surface area contributed by atoms with Crippen molar-refractivity contribution in [2.24, 2.45) is 5.92 Å². The van der Waals surface area contributed by atoms with E-state index in [1.165, 1.54) is 28.6 Å². The highest BCUT2D eigenvalue weighted by molar-refractivity contribution is 5.94. The molecule has 7 nitrogen and oxygen atoms in total. The lowest BCUT2D eigenvalue weighted by Crippen LogP contribution is -2.36. The molecule has 1 saturated carbocycles. The Morgan fingerprint density at radius 2 is 2.04 bits per heavy atom. The number of nitrogens with zero attached hydrogens (tertiary/aromatic N) is 4. The molecule has 0 saturated heterocycles. The van der Waals surface area contributed by atoms with Crippen LogP contribution in [0.5, 0.6) is 0 Å². The first kappa shape index (κ1) is 15.5. The van der Waals surface area contributed by atoms with Crippen LogP contribution in [-0.4, -0.2) is 32.7 Å². The minimum atomic E-state index is -0.338. The topological polar surface area (TPSA) is 83.9 Å². The zero-order chi connectivity index (χ0) is 16.2. The molecule has 0 unspecified atom stereocenters. The Labute approximate surface area is 134 Å². The second-order valence-electron chi connectivity index (χ2n) is 5.96. The molecule has 1 aliphatic carbocycles. The fourth-order valence-electron chi connectivity index (χ4n) is 3.05. The van der Waals surface area contributed by atoms with E-state index in [1.54, 1.807) is 25.5 Å². The number of anilines is 1. The highest BCUT2D eigenvalue weighted by atomic mass is 16.2. The zero-order valence-corrected chi connectivity index (χ0v) is 13.2. The fourth-order valence-corrected chi connectivity index (χ4v) is 3.05. The first-order valence-electron chi connectivity index (χ1n) is 8.03. The van der Waals surface area contributed by atoms with Crippen LogP contribution in [0.3, 0.4) is 0 Å². The second kappa shape index (κ2) is 6.76. The summed E-state index contributed by atoms with van der Waals surface area (Å²) in [7, 11) is 1.65. The summed E-state index contributed by atoms with van der Waals surface area (Å²) in [5.74, 6) is 0.345. The van der Waals surface area contributed by atoms with Crippen molar-refractivity contribution in [3.63, 3.8) is 0 Å². The molecule has 1 N–H and O–H groups in total. The van der Waals surface area contributed by atoms with Gasteiger partial charge in [0.05, 0.1) is 6.20 Å². The Kier molecular flexibility index (Phi) is 4.55. The minimum absolute atomic E-state index is 0.00559. The number of carbonyl (C=O) groups excluding carboxylic acids is 1. The molecule has 0 atom stereocenters. The zero-order valence-electron chi connectivity index (χ0n) is 13.2. The summed E-state index contributed by atoms with van der Waals surface area (Å²) in [6, 6.07) is 1.75. The van der Waals surface area contributed by atoms with E-state index in [-0.39, 0.29) is 23.1 Å². The third-order valence-corrected chi connectivity index (χ3v) is 4.38. The summed E-state index contributed by atoms with van der Waals surface area (Å²) < 4.78 is 1.47. The highest BCUT2D eigenvalue weighted by Crippen LogP contribution is 2.25. The van der Waals surface area contributed by atoms with E-state index in [4.69, 9.17) is 0 Å². The quantitative estimate of drug-likeness (QED) is 0.877. The van der Waals surface area contributed by atoms with Crippen LogP contribution >= 0.6 is 0 Å². The van der Waals surface area contributed by atoms with Crippen molar-refractivity contribution in [1.82, 2.24) is 19.7 Å². The van der Waals surface area contributed by atoms with Crippen molar-refractivity contribution in [2.45, 2.75) is 38.5 Å². The Hall–Kier alpha value is -2.44. The van der Waals surface area contributed by atoms with Gasteiger partial charge in [-0.25, -0.2) is 9.67 Å². The second-order valence-corrected chi connectivity index (χ2v) is 5.96. The maximum Gasteiger partial charge on any atom is 0.276 e. The maximum atomic E-state index is 12.6. The van der Waals surface area contributed by atoms with Crippen LogP contribution in [0, 0.1) is 5.92 Å². The Balaban J connectivity index is 1.80. The monoisotopic (exact) mass is 315 g/mol. The number of nitrogens with one attached hydrogen (secondary N) is 1. The number of H-pyrrole nitrogens is 1. The molecular weight excluding hydrogens is 294 g/mol. The molecule has 1 amide bonds. The SMILES string of the molecule is CN(C(=O)C1CCCCCC1)c1cnc(-n2cccn2)[nH]c1=O. The van der Waals surface area contributed by atoms with E-state index < -0.39 is 0 Å². The maximum absolute atomic E-state index is 12.6. The smallest absolute Gasteiger partial charge is 0.276 e. The molecule has 23 heavy (non-hydrogen) atoms. The minimum Gasteiger partial charge on any atom is -0.309 e. The Morgan fingerprint density at radius 3 is 2.65 bits per heavy atom. The number of rotatable bonds is 3. The lowest BCUT2D eigenvalue weighted by atomic mass is 9.99. The molecule has 0 aromatic carbocycles. The summed E-state index contributed by atoms with van der Waals surface area (Å²) in [5, 5.41) is 4.02. The van der Waals surface area contributed by atoms with Crippen molar-refractivity contribution in [2.75, 3.05) is 11.9 Å². The van der Waals surface area contributed by atoms with E-state index in [2.05, 4.69) is 15.1 Å². The van der Waals surface area contributed by atoms with E-state index in [9.17, 15) is 9.59 Å². The van der Waals surface area contributed by atoms with Gasteiger partial charge in [-0.2, -0.15) is 5.10 Å². The predicted molar refractivity (Wildman–Crippen MR) is 86.6 cm³/mol. The third kappa shape index (κ3) is 3.33. The number of carbonyl (C=O) groups is 1. The van der Waals surface area contributed by atoms with Crippen LogP contribution in [0.1, 0.15) is 38.5 Å². The van der Waals surface area contributed by atoms with Gasteiger partial charge in [0, 0.05) is 25.4 Å². The summed E-state index contributed by atoms with van der Waals surface area (Å²) in [5.41, 5.74) is -0.0647. The van der Waals surface area contributed by atoms with Gasteiger partial charge in [-0.1, -0.05) is 25.7 Å². The fraction of sp³-hybridized carbons (Fsp3) is 0.500. The van der Waals surface area contributed by atoms with Crippen LogP contribution in [0.4, 0.5) is 5.69 Å². The van der Waals surface area contributed by atoms with E-state index in [1.807, 2.05) is 0 Å². The first-order valence-corrected chi connectivity index (χ1v) is 8.03. The molecule has 0 bridgehead atoms. The molecule has 0 radical (unpaired) electrons. The normalized spacial score (nSPS) is 16.0. The third-order valence-electron chi connectivity index (χ3n) is 4.38. The molecule has 0 spiro atoms. The average molecular weight is 315 g/mol. The van der Waals surface area contributed by atoms with Crippen LogP contribution in [-0.2, 0) is 4.79 Å². The van der Waals surface area contributed by atoms with E-state index in [0.29, 0.717) is 5.95 Å². The van der Waals surface area contributed by atoms with Crippen molar-refractivity contribution in [3.8, 4) is 5.95 Å². The molecule has 122 valence electrons. The largest absolute Gasteiger partial charge is 0.309 e. The summed E-state index contributed by atoms with van der Waals surface area (Å²) >= 11 is 0. The summed E-state index contributed by atoms with van der Waals surface area (Å²) in [4.78, 5) is 33.3. The number of hydrogen-bond donors (Lipinski definition) is 1. The van der Waals surface area contributed by atoms with Gasteiger partial charge in [-0.3, -0.25) is 14.6 Å². The molecule has 0 aliphatic heterocycles. The van der Waals surface area contributed by atoms with Crippen LogP contribution < -0.4 is 10.5 Å². The summed E-state index contributed by atoms with van der Waals surface area (Å²) in [6.45, 7) is 0. The molecule has 2 aromatic heterocycles. The molecule has 1 aliphatic rings. The highest BCUT2D eigenvalue weighted by Gasteiger charge is 2.25. The van der Waals surface area contributed by atoms with Gasteiger partial charge in [0.15, 0.2) is 0 Å². The molecule has 7 heteroatoms. The van der Waals surface area contributed by atoms with Crippen LogP contribution in [0.15, 0.2) is 29.5 Å². The number of hydrogen-bond acceptors (Lipinski definition) is 4. The Morgan fingerprint density at radius 1 is 1.30 bits per heavy atom. The van der Waals surface area contributed by atoms with Gasteiger partial charge in [0.2, 0.25) is 11.9 Å². The van der Waals surface area contributed by atoms with Crippen LogP contribution in [0.2, 0.25) is 0 Å². The standard InChI is InChI=1S/C16H21N5O2/c1-20(15(23)12-7-4-2-3-5-8-12)13-11-17-16(19-14(13)22)21-10-6-9-18-21/h6,9-12H,2-5,7-8H2,1H3,(H,17,19,22). The van der Waals surface area contributed by atoms with Gasteiger partial charge in [-0.15, -0.1) is 0 Å². The molecule has 2 heterocycles. The molecule has 1 fully saturated rings. The van der Waals surface area contributed by atoms with Gasteiger partial charge < -0.3 is 4.90 Å². The van der Waals surface area contributed by atoms with E-state index >= 15 is 0 Å².